The SMILES string of the molecule is COC(=O)c1cc(C(C)C)sc1NC(=O)NC1=CC=C(C)C1. The summed E-state index contributed by atoms with van der Waals surface area (Å²) in [5.74, 6) is -0.174. The Hall–Kier alpha value is -2.08. The molecule has 0 radical (unpaired) electrons. The number of rotatable bonds is 4. The van der Waals surface area contributed by atoms with Crippen LogP contribution in [0.4, 0.5) is 9.80 Å². The molecule has 0 fully saturated rings. The van der Waals surface area contributed by atoms with Gasteiger partial charge in [0, 0.05) is 17.0 Å². The first-order valence-corrected chi connectivity index (χ1v) is 7.88. The smallest absolute Gasteiger partial charge is 0.340 e. The minimum atomic E-state index is -0.448. The highest BCUT2D eigenvalue weighted by Gasteiger charge is 2.20. The fourth-order valence-electron chi connectivity index (χ4n) is 2.08. The molecule has 0 spiro atoms. The van der Waals surface area contributed by atoms with Crippen LogP contribution in [-0.2, 0) is 4.74 Å². The Kier molecular flexibility index (Phi) is 5.03. The maximum absolute atomic E-state index is 12.1. The number of hydrogen-bond donors (Lipinski definition) is 2. The first-order valence-electron chi connectivity index (χ1n) is 7.07. The van der Waals surface area contributed by atoms with Gasteiger partial charge in [0.2, 0.25) is 0 Å². The van der Waals surface area contributed by atoms with E-state index in [1.54, 1.807) is 6.07 Å². The van der Waals surface area contributed by atoms with Crippen LogP contribution >= 0.6 is 11.3 Å². The van der Waals surface area contributed by atoms with Gasteiger partial charge in [0.05, 0.1) is 12.7 Å². The van der Waals surface area contributed by atoms with Crippen LogP contribution in [0.2, 0.25) is 0 Å². The van der Waals surface area contributed by atoms with Gasteiger partial charge in [0.15, 0.2) is 0 Å². The van der Waals surface area contributed by atoms with E-state index in [1.807, 2.05) is 32.9 Å². The molecule has 0 aliphatic heterocycles. The third-order valence-corrected chi connectivity index (χ3v) is 4.62. The molecule has 2 rings (SSSR count). The van der Waals surface area contributed by atoms with Crippen molar-refractivity contribution in [2.75, 3.05) is 12.4 Å². The number of urea groups is 1. The Morgan fingerprint density at radius 1 is 1.27 bits per heavy atom. The molecule has 1 heterocycles. The quantitative estimate of drug-likeness (QED) is 0.824. The van der Waals surface area contributed by atoms with E-state index < -0.39 is 5.97 Å². The lowest BCUT2D eigenvalue weighted by molar-refractivity contribution is 0.0602. The topological polar surface area (TPSA) is 67.4 Å². The second kappa shape index (κ2) is 6.79. The van der Waals surface area contributed by atoms with Gasteiger partial charge in [-0.2, -0.15) is 0 Å². The molecule has 1 aromatic rings. The highest BCUT2D eigenvalue weighted by Crippen LogP contribution is 2.33. The standard InChI is InChI=1S/C16H20N2O3S/c1-9(2)13-8-12(15(19)21-4)14(22-13)18-16(20)17-11-6-5-10(3)7-11/h5-6,8-9H,7H2,1-4H3,(H2,17,18,20). The van der Waals surface area contributed by atoms with Gasteiger partial charge in [-0.25, -0.2) is 9.59 Å². The normalized spacial score (nSPS) is 13.7. The average Bonchev–Trinajstić information content (AvgIpc) is 3.04. The van der Waals surface area contributed by atoms with Crippen LogP contribution in [-0.4, -0.2) is 19.1 Å². The van der Waals surface area contributed by atoms with E-state index in [0.717, 1.165) is 17.0 Å². The third-order valence-electron chi connectivity index (χ3n) is 3.26. The van der Waals surface area contributed by atoms with Crippen LogP contribution in [0.3, 0.4) is 0 Å². The summed E-state index contributed by atoms with van der Waals surface area (Å²) < 4.78 is 4.78. The lowest BCUT2D eigenvalue weighted by atomic mass is 10.1. The lowest BCUT2D eigenvalue weighted by Crippen LogP contribution is -2.28. The summed E-state index contributed by atoms with van der Waals surface area (Å²) in [6.07, 6.45) is 4.58. The Labute approximate surface area is 134 Å². The van der Waals surface area contributed by atoms with Crippen LogP contribution < -0.4 is 10.6 Å². The minimum Gasteiger partial charge on any atom is -0.465 e. The van der Waals surface area contributed by atoms with Crippen LogP contribution in [0.15, 0.2) is 29.5 Å². The summed E-state index contributed by atoms with van der Waals surface area (Å²) in [5.41, 5.74) is 2.43. The second-order valence-electron chi connectivity index (χ2n) is 5.50. The number of allylic oxidation sites excluding steroid dienone is 3. The largest absolute Gasteiger partial charge is 0.465 e. The van der Waals surface area contributed by atoms with E-state index in [0.29, 0.717) is 10.6 Å². The fourth-order valence-corrected chi connectivity index (χ4v) is 3.12. The molecule has 1 aromatic heterocycles. The monoisotopic (exact) mass is 320 g/mol. The Bertz CT molecular complexity index is 656. The number of esters is 1. The zero-order valence-electron chi connectivity index (χ0n) is 13.1. The molecule has 0 saturated carbocycles. The number of thiophene rings is 1. The molecule has 22 heavy (non-hydrogen) atoms. The molecule has 2 N–H and O–H groups in total. The second-order valence-corrected chi connectivity index (χ2v) is 6.58. The van der Waals surface area contributed by atoms with Gasteiger partial charge in [-0.1, -0.05) is 25.5 Å². The van der Waals surface area contributed by atoms with Crippen molar-refractivity contribution in [3.8, 4) is 0 Å². The number of carbonyl (C=O) groups is 2. The van der Waals surface area contributed by atoms with E-state index in [9.17, 15) is 9.59 Å². The molecule has 118 valence electrons. The predicted octanol–water partition coefficient (Wildman–Crippen LogP) is 4.01. The van der Waals surface area contributed by atoms with Gasteiger partial charge in [0.25, 0.3) is 0 Å². The number of nitrogens with one attached hydrogen (secondary N) is 2. The Balaban J connectivity index is 2.11. The number of ether oxygens (including phenoxy) is 1. The van der Waals surface area contributed by atoms with Crippen molar-refractivity contribution in [3.05, 3.63) is 39.9 Å². The molecule has 1 aliphatic carbocycles. The van der Waals surface area contributed by atoms with Gasteiger partial charge in [0.1, 0.15) is 5.00 Å². The van der Waals surface area contributed by atoms with Gasteiger partial charge in [-0.3, -0.25) is 5.32 Å². The Morgan fingerprint density at radius 3 is 2.55 bits per heavy atom. The lowest BCUT2D eigenvalue weighted by Gasteiger charge is -2.08. The first kappa shape index (κ1) is 16.3. The molecular weight excluding hydrogens is 300 g/mol. The highest BCUT2D eigenvalue weighted by atomic mass is 32.1. The molecule has 0 bridgehead atoms. The van der Waals surface area contributed by atoms with Crippen LogP contribution in [0.25, 0.3) is 0 Å². The zero-order valence-corrected chi connectivity index (χ0v) is 14.0. The van der Waals surface area contributed by atoms with Gasteiger partial charge in [-0.15, -0.1) is 11.3 Å². The average molecular weight is 320 g/mol. The van der Waals surface area contributed by atoms with Crippen LogP contribution in [0.5, 0.6) is 0 Å². The molecule has 0 aromatic carbocycles. The summed E-state index contributed by atoms with van der Waals surface area (Å²) in [6, 6.07) is 1.42. The molecular formula is C16H20N2O3S. The van der Waals surface area contributed by atoms with Gasteiger partial charge in [-0.05, 0) is 25.0 Å². The zero-order chi connectivity index (χ0) is 16.3. The predicted molar refractivity (Wildman–Crippen MR) is 88.4 cm³/mol. The van der Waals surface area contributed by atoms with Crippen molar-refractivity contribution in [1.82, 2.24) is 5.32 Å². The maximum Gasteiger partial charge on any atom is 0.340 e. The maximum atomic E-state index is 12.1. The first-order chi connectivity index (χ1) is 10.4. The number of carbonyl (C=O) groups excluding carboxylic acids is 2. The van der Waals surface area contributed by atoms with E-state index in [-0.39, 0.29) is 11.9 Å². The highest BCUT2D eigenvalue weighted by molar-refractivity contribution is 7.16. The summed E-state index contributed by atoms with van der Waals surface area (Å²) in [7, 11) is 1.33. The summed E-state index contributed by atoms with van der Waals surface area (Å²) in [4.78, 5) is 24.9. The van der Waals surface area contributed by atoms with Crippen molar-refractivity contribution in [1.29, 1.82) is 0 Å². The van der Waals surface area contributed by atoms with Crippen molar-refractivity contribution in [2.24, 2.45) is 0 Å². The molecule has 0 atom stereocenters. The van der Waals surface area contributed by atoms with Gasteiger partial charge < -0.3 is 10.1 Å². The summed E-state index contributed by atoms with van der Waals surface area (Å²) >= 11 is 1.39. The minimum absolute atomic E-state index is 0.274. The Morgan fingerprint density at radius 2 is 2.00 bits per heavy atom. The molecule has 5 nitrogen and oxygen atoms in total. The molecule has 1 aliphatic rings. The van der Waals surface area contributed by atoms with E-state index in [4.69, 9.17) is 4.74 Å². The third kappa shape index (κ3) is 3.76. The number of amides is 2. The number of hydrogen-bond acceptors (Lipinski definition) is 4. The van der Waals surface area contributed by atoms with Crippen LogP contribution in [0.1, 0.15) is 48.3 Å². The molecule has 0 saturated heterocycles. The van der Waals surface area contributed by atoms with Crippen molar-refractivity contribution in [2.45, 2.75) is 33.1 Å². The van der Waals surface area contributed by atoms with E-state index in [1.165, 1.54) is 24.0 Å². The molecule has 2 amide bonds. The van der Waals surface area contributed by atoms with E-state index in [2.05, 4.69) is 10.6 Å². The van der Waals surface area contributed by atoms with Crippen LogP contribution in [0, 0.1) is 0 Å². The van der Waals surface area contributed by atoms with Gasteiger partial charge >= 0.3 is 12.0 Å². The number of methoxy groups -OCH3 is 1. The molecule has 0 unspecified atom stereocenters. The number of anilines is 1. The van der Waals surface area contributed by atoms with E-state index >= 15 is 0 Å². The molecule has 6 heteroatoms. The summed E-state index contributed by atoms with van der Waals surface area (Å²) in [5, 5.41) is 6.05. The van der Waals surface area contributed by atoms with Crippen molar-refractivity contribution < 1.29 is 14.3 Å². The summed E-state index contributed by atoms with van der Waals surface area (Å²) in [6.45, 7) is 6.08. The van der Waals surface area contributed by atoms with Crippen molar-refractivity contribution in [3.63, 3.8) is 0 Å². The van der Waals surface area contributed by atoms with Crippen molar-refractivity contribution >= 4 is 28.3 Å². The fraction of sp³-hybridized carbons (Fsp3) is 0.375.